The molecule has 2 saturated heterocycles. The Hall–Kier alpha value is -0.110. The van der Waals surface area contributed by atoms with E-state index in [1.807, 2.05) is 32.9 Å². The van der Waals surface area contributed by atoms with Crippen molar-refractivity contribution in [3.8, 4) is 18.6 Å². The first-order valence-electron chi connectivity index (χ1n) is 9.22. The van der Waals surface area contributed by atoms with Gasteiger partial charge >= 0.3 is 0 Å². The van der Waals surface area contributed by atoms with Gasteiger partial charge in [0.05, 0.1) is 35.1 Å². The van der Waals surface area contributed by atoms with E-state index in [4.69, 9.17) is 13.7 Å². The van der Waals surface area contributed by atoms with Crippen LogP contribution < -0.4 is 4.74 Å². The van der Waals surface area contributed by atoms with Crippen LogP contribution in [0, 0.1) is 18.8 Å². The number of benzene rings is 1. The Morgan fingerprint density at radius 2 is 1.81 bits per heavy atom. The number of terminal acetylenes is 1. The van der Waals surface area contributed by atoms with E-state index in [9.17, 15) is 0 Å². The molecule has 2 aliphatic rings. The molecule has 1 atom stereocenters. The van der Waals surface area contributed by atoms with Gasteiger partial charge in [0.2, 0.25) is 0 Å². The Balaban J connectivity index is 0.000000629. The lowest BCUT2D eigenvalue weighted by molar-refractivity contribution is -0.0221. The average molecular weight is 526 g/mol. The normalized spacial score (nSPS) is 18.6. The van der Waals surface area contributed by atoms with Gasteiger partial charge in [0.15, 0.2) is 0 Å². The molecule has 0 aliphatic carbocycles. The molecule has 2 aliphatic heterocycles. The summed E-state index contributed by atoms with van der Waals surface area (Å²) in [4.78, 5) is 1.25. The lowest BCUT2D eigenvalue weighted by Crippen LogP contribution is -2.23. The Labute approximate surface area is 186 Å². The SMILES string of the molecule is C#C.CC.CC1COC1.CCOc1ccc(SN2CC[C@H](OSI)C2)cc1. The summed E-state index contributed by atoms with van der Waals surface area (Å²) in [6.07, 6.45) is 9.47. The van der Waals surface area contributed by atoms with E-state index < -0.39 is 0 Å². The molecule has 27 heavy (non-hydrogen) atoms. The molecule has 7 heteroatoms. The largest absolute Gasteiger partial charge is 0.494 e. The van der Waals surface area contributed by atoms with Gasteiger partial charge < -0.3 is 13.7 Å². The van der Waals surface area contributed by atoms with Crippen LogP contribution in [-0.4, -0.2) is 43.3 Å². The van der Waals surface area contributed by atoms with Crippen LogP contribution in [0.1, 0.15) is 34.1 Å². The molecule has 0 saturated carbocycles. The first-order chi connectivity index (χ1) is 13.2. The van der Waals surface area contributed by atoms with E-state index in [2.05, 4.69) is 57.4 Å². The van der Waals surface area contributed by atoms with Crippen LogP contribution in [0.4, 0.5) is 0 Å². The first kappa shape index (κ1) is 26.9. The summed E-state index contributed by atoms with van der Waals surface area (Å²) in [5.41, 5.74) is 0. The summed E-state index contributed by atoms with van der Waals surface area (Å²) < 4.78 is 18.2. The van der Waals surface area contributed by atoms with E-state index in [0.717, 1.165) is 44.4 Å². The lowest BCUT2D eigenvalue weighted by atomic mass is 10.2. The number of nitrogens with zero attached hydrogens (tertiary/aromatic N) is 1. The van der Waals surface area contributed by atoms with Crippen molar-refractivity contribution in [2.45, 2.75) is 45.1 Å². The van der Waals surface area contributed by atoms with Crippen molar-refractivity contribution in [3.63, 3.8) is 0 Å². The Bertz CT molecular complexity index is 484. The molecule has 1 aromatic carbocycles. The van der Waals surface area contributed by atoms with Gasteiger partial charge in [-0.2, -0.15) is 0 Å². The van der Waals surface area contributed by atoms with Crippen molar-refractivity contribution in [1.29, 1.82) is 0 Å². The molecule has 2 fully saturated rings. The molecule has 0 N–H and O–H groups in total. The zero-order chi connectivity index (χ0) is 20.5. The molecule has 0 bridgehead atoms. The van der Waals surface area contributed by atoms with Crippen LogP contribution in [0.2, 0.25) is 0 Å². The standard InChI is InChI=1S/C12H16INO2S2.C4H8O.C2H6.C2H2/c1-2-15-10-3-5-12(6-4-10)17-14-8-7-11(9-14)16-18-13;1-4-2-5-3-4;2*1-2/h3-6,11H,2,7-9H2,1H3;4H,2-3H2,1H3;1-2H3;1-2H/t11-;;;/m0.../s1. The smallest absolute Gasteiger partial charge is 0.119 e. The van der Waals surface area contributed by atoms with Crippen molar-refractivity contribution in [3.05, 3.63) is 24.3 Å². The second-order valence-corrected chi connectivity index (χ2v) is 8.16. The minimum atomic E-state index is 0.363. The van der Waals surface area contributed by atoms with Crippen LogP contribution in [0.3, 0.4) is 0 Å². The molecular formula is C20H32INO3S2. The van der Waals surface area contributed by atoms with Crippen LogP contribution in [0.25, 0.3) is 0 Å². The lowest BCUT2D eigenvalue weighted by Gasteiger charge is -2.20. The van der Waals surface area contributed by atoms with Crippen LogP contribution in [0.15, 0.2) is 29.2 Å². The fraction of sp³-hybridized carbons (Fsp3) is 0.600. The van der Waals surface area contributed by atoms with Gasteiger partial charge in [0.25, 0.3) is 0 Å². The summed E-state index contributed by atoms with van der Waals surface area (Å²) in [5.74, 6) is 1.78. The predicted molar refractivity (Wildman–Crippen MR) is 127 cm³/mol. The van der Waals surface area contributed by atoms with Gasteiger partial charge in [-0.15, -0.1) is 12.8 Å². The maximum Gasteiger partial charge on any atom is 0.119 e. The maximum absolute atomic E-state index is 5.55. The summed E-state index contributed by atoms with van der Waals surface area (Å²) in [6.45, 7) is 12.9. The van der Waals surface area contributed by atoms with Gasteiger partial charge in [-0.1, -0.05) is 20.8 Å². The summed E-state index contributed by atoms with van der Waals surface area (Å²) in [5, 5.41) is 0. The third kappa shape index (κ3) is 12.1. The van der Waals surface area contributed by atoms with Crippen molar-refractivity contribution < 1.29 is 13.7 Å². The molecule has 154 valence electrons. The molecule has 0 aromatic heterocycles. The molecule has 0 spiro atoms. The zero-order valence-electron chi connectivity index (χ0n) is 16.7. The van der Waals surface area contributed by atoms with Crippen LogP contribution in [0.5, 0.6) is 5.75 Å². The highest BCUT2D eigenvalue weighted by molar-refractivity contribution is 14.2. The van der Waals surface area contributed by atoms with E-state index in [1.54, 1.807) is 11.9 Å². The van der Waals surface area contributed by atoms with Crippen molar-refractivity contribution >= 4 is 42.4 Å². The molecule has 3 rings (SSSR count). The quantitative estimate of drug-likeness (QED) is 0.193. The van der Waals surface area contributed by atoms with E-state index in [-0.39, 0.29) is 0 Å². The van der Waals surface area contributed by atoms with Gasteiger partial charge in [-0.25, -0.2) is 4.31 Å². The van der Waals surface area contributed by atoms with Crippen molar-refractivity contribution in [1.82, 2.24) is 4.31 Å². The zero-order valence-corrected chi connectivity index (χ0v) is 20.5. The topological polar surface area (TPSA) is 30.9 Å². The van der Waals surface area contributed by atoms with Crippen LogP contribution in [-0.2, 0) is 8.92 Å². The first-order valence-corrected chi connectivity index (χ1v) is 13.3. The fourth-order valence-electron chi connectivity index (χ4n) is 2.18. The summed E-state index contributed by atoms with van der Waals surface area (Å²) >= 11 is 3.97. The Morgan fingerprint density at radius 1 is 1.22 bits per heavy atom. The molecule has 0 radical (unpaired) electrons. The summed E-state index contributed by atoms with van der Waals surface area (Å²) in [7, 11) is 1.43. The number of ether oxygens (including phenoxy) is 2. The average Bonchev–Trinajstić information content (AvgIpc) is 3.13. The van der Waals surface area contributed by atoms with Gasteiger partial charge in [-0.3, -0.25) is 0 Å². The number of hydrogen-bond donors (Lipinski definition) is 0. The van der Waals surface area contributed by atoms with Crippen molar-refractivity contribution in [2.24, 2.45) is 5.92 Å². The van der Waals surface area contributed by atoms with E-state index >= 15 is 0 Å². The molecule has 4 nitrogen and oxygen atoms in total. The molecule has 2 heterocycles. The minimum absolute atomic E-state index is 0.363. The molecule has 0 amide bonds. The monoisotopic (exact) mass is 525 g/mol. The van der Waals surface area contributed by atoms with Gasteiger partial charge in [0.1, 0.15) is 5.75 Å². The predicted octanol–water partition coefficient (Wildman–Crippen LogP) is 6.11. The highest BCUT2D eigenvalue weighted by Gasteiger charge is 2.24. The van der Waals surface area contributed by atoms with Gasteiger partial charge in [0, 0.05) is 45.1 Å². The van der Waals surface area contributed by atoms with E-state index in [0.29, 0.717) is 12.7 Å². The molecular weight excluding hydrogens is 493 g/mol. The van der Waals surface area contributed by atoms with Gasteiger partial charge in [-0.05, 0) is 49.6 Å². The fourth-order valence-corrected chi connectivity index (χ4v) is 4.31. The van der Waals surface area contributed by atoms with E-state index in [1.165, 1.54) is 14.1 Å². The minimum Gasteiger partial charge on any atom is -0.494 e. The second kappa shape index (κ2) is 18.0. The molecule has 1 aromatic rings. The highest BCUT2D eigenvalue weighted by atomic mass is 127. The van der Waals surface area contributed by atoms with Crippen LogP contribution >= 0.6 is 42.4 Å². The Kier molecular flexibility index (Phi) is 17.9. The number of hydrogen-bond acceptors (Lipinski definition) is 6. The number of halogens is 1. The Morgan fingerprint density at radius 3 is 2.26 bits per heavy atom. The molecule has 0 unspecified atom stereocenters. The highest BCUT2D eigenvalue weighted by Crippen LogP contribution is 2.31. The third-order valence-corrected chi connectivity index (χ3v) is 5.49. The maximum atomic E-state index is 5.55. The second-order valence-electron chi connectivity index (χ2n) is 5.60. The summed E-state index contributed by atoms with van der Waals surface area (Å²) in [6, 6.07) is 8.26. The number of rotatable bonds is 6. The third-order valence-electron chi connectivity index (χ3n) is 3.45. The van der Waals surface area contributed by atoms with Crippen molar-refractivity contribution in [2.75, 3.05) is 32.9 Å².